The van der Waals surface area contributed by atoms with Gasteiger partial charge in [0, 0.05) is 17.7 Å². The minimum Gasteiger partial charge on any atom is -0.345 e. The first-order chi connectivity index (χ1) is 12.5. The van der Waals surface area contributed by atoms with E-state index in [2.05, 4.69) is 9.97 Å². The number of nitrogens with zero attached hydrogens (tertiary/aromatic N) is 1. The number of nitrogens with two attached hydrogens (primary N) is 2. The van der Waals surface area contributed by atoms with Crippen LogP contribution in [0.1, 0.15) is 11.1 Å². The summed E-state index contributed by atoms with van der Waals surface area (Å²) in [7, 11) is 0. The molecule has 2 aromatic heterocycles. The number of aromatic nitrogens is 2. The van der Waals surface area contributed by atoms with Crippen LogP contribution in [-0.2, 0) is 5.54 Å². The number of thiophene rings is 1. The average Bonchev–Trinajstić information content (AvgIpc) is 3.34. The molecule has 0 radical (unpaired) electrons. The maximum atomic E-state index is 14.9. The van der Waals surface area contributed by atoms with E-state index >= 15 is 0 Å². The first kappa shape index (κ1) is 16.8. The molecule has 2 heterocycles. The van der Waals surface area contributed by atoms with Crippen LogP contribution in [0.2, 0.25) is 0 Å². The van der Waals surface area contributed by atoms with E-state index in [4.69, 9.17) is 11.5 Å². The second kappa shape index (κ2) is 6.28. The van der Waals surface area contributed by atoms with Crippen LogP contribution in [0.5, 0.6) is 0 Å². The molecule has 132 valence electrons. The summed E-state index contributed by atoms with van der Waals surface area (Å²) in [5, 5.41) is 3.58. The lowest BCUT2D eigenvalue weighted by atomic mass is 9.82. The van der Waals surface area contributed by atoms with Gasteiger partial charge in [0.05, 0.1) is 22.9 Å². The van der Waals surface area contributed by atoms with Gasteiger partial charge in [-0.1, -0.05) is 18.2 Å². The zero-order valence-electron chi connectivity index (χ0n) is 13.7. The van der Waals surface area contributed by atoms with Gasteiger partial charge in [-0.15, -0.1) is 0 Å². The van der Waals surface area contributed by atoms with Crippen molar-refractivity contribution in [3.8, 4) is 11.1 Å². The van der Waals surface area contributed by atoms with Crippen LogP contribution < -0.4 is 11.5 Å². The Morgan fingerprint density at radius 1 is 1.12 bits per heavy atom. The first-order valence-corrected chi connectivity index (χ1v) is 8.92. The highest BCUT2D eigenvalue weighted by Crippen LogP contribution is 2.34. The number of benzene rings is 2. The first-order valence-electron chi connectivity index (χ1n) is 7.98. The zero-order chi connectivity index (χ0) is 18.3. The van der Waals surface area contributed by atoms with Gasteiger partial charge < -0.3 is 16.5 Å². The molecular weight excluding hydrogens is 354 g/mol. The third-order valence-electron chi connectivity index (χ3n) is 4.65. The fourth-order valence-electron chi connectivity index (χ4n) is 3.13. The summed E-state index contributed by atoms with van der Waals surface area (Å²) < 4.78 is 29.7. The van der Waals surface area contributed by atoms with Crippen molar-refractivity contribution in [2.75, 3.05) is 6.54 Å². The molecule has 0 spiro atoms. The quantitative estimate of drug-likeness (QED) is 0.512. The van der Waals surface area contributed by atoms with Crippen molar-refractivity contribution in [2.45, 2.75) is 5.54 Å². The molecule has 0 bridgehead atoms. The predicted molar refractivity (Wildman–Crippen MR) is 99.8 cm³/mol. The van der Waals surface area contributed by atoms with Crippen LogP contribution in [0.4, 0.5) is 8.78 Å². The van der Waals surface area contributed by atoms with E-state index in [1.54, 1.807) is 42.0 Å². The molecule has 2 aromatic carbocycles. The molecule has 0 saturated heterocycles. The van der Waals surface area contributed by atoms with Crippen molar-refractivity contribution < 1.29 is 8.78 Å². The molecule has 0 aliphatic heterocycles. The van der Waals surface area contributed by atoms with E-state index < -0.39 is 17.2 Å². The zero-order valence-corrected chi connectivity index (χ0v) is 14.5. The van der Waals surface area contributed by atoms with E-state index in [9.17, 15) is 8.78 Å². The molecule has 1 atom stereocenters. The maximum Gasteiger partial charge on any atom is 0.167 e. The van der Waals surface area contributed by atoms with E-state index in [1.807, 2.05) is 5.38 Å². The van der Waals surface area contributed by atoms with Crippen LogP contribution in [-0.4, -0.2) is 16.5 Å². The van der Waals surface area contributed by atoms with E-state index in [0.717, 1.165) is 11.0 Å². The normalized spacial score (nSPS) is 13.8. The number of imidazole rings is 1. The number of nitrogens with one attached hydrogen (secondary N) is 1. The number of rotatable bonds is 4. The molecule has 26 heavy (non-hydrogen) atoms. The standard InChI is InChI=1S/C19H16F2N4S/c20-17-13(11-5-6-26-8-11)2-3-14(18(17)21)19(23,9-22)12-1-4-15-16(7-12)25-10-24-15/h1-8,10H,9,22-23H2,(H,24,25). The molecule has 0 saturated carbocycles. The van der Waals surface area contributed by atoms with Crippen LogP contribution >= 0.6 is 11.3 Å². The number of H-pyrrole nitrogens is 1. The van der Waals surface area contributed by atoms with Gasteiger partial charge in [0.15, 0.2) is 11.6 Å². The Bertz CT molecular complexity index is 1070. The summed E-state index contributed by atoms with van der Waals surface area (Å²) in [6.07, 6.45) is 1.56. The minimum atomic E-state index is -1.36. The third kappa shape index (κ3) is 2.52. The summed E-state index contributed by atoms with van der Waals surface area (Å²) in [5.74, 6) is -1.90. The van der Waals surface area contributed by atoms with Crippen LogP contribution in [0, 0.1) is 11.6 Å². The average molecular weight is 370 g/mol. The molecule has 0 aliphatic rings. The number of fused-ring (bicyclic) bond motifs is 1. The smallest absolute Gasteiger partial charge is 0.167 e. The molecule has 0 amide bonds. The molecule has 4 nitrogen and oxygen atoms in total. The van der Waals surface area contributed by atoms with Crippen molar-refractivity contribution in [3.63, 3.8) is 0 Å². The molecule has 0 fully saturated rings. The van der Waals surface area contributed by atoms with Gasteiger partial charge in [-0.2, -0.15) is 11.3 Å². The van der Waals surface area contributed by atoms with Gasteiger partial charge >= 0.3 is 0 Å². The molecule has 1 unspecified atom stereocenters. The summed E-state index contributed by atoms with van der Waals surface area (Å²) in [6.45, 7) is -0.0825. The summed E-state index contributed by atoms with van der Waals surface area (Å²) >= 11 is 1.42. The Kier molecular flexibility index (Phi) is 4.07. The van der Waals surface area contributed by atoms with Gasteiger partial charge in [-0.05, 0) is 40.1 Å². The summed E-state index contributed by atoms with van der Waals surface area (Å²) in [6, 6.07) is 10.1. The van der Waals surface area contributed by atoms with Gasteiger partial charge in [-0.25, -0.2) is 13.8 Å². The van der Waals surface area contributed by atoms with Gasteiger partial charge in [0.1, 0.15) is 0 Å². The fraction of sp³-hybridized carbons (Fsp3) is 0.105. The monoisotopic (exact) mass is 370 g/mol. The van der Waals surface area contributed by atoms with Crippen LogP contribution in [0.15, 0.2) is 53.5 Å². The van der Waals surface area contributed by atoms with Crippen molar-refractivity contribution >= 4 is 22.4 Å². The number of aromatic amines is 1. The molecule has 4 aromatic rings. The maximum absolute atomic E-state index is 14.9. The van der Waals surface area contributed by atoms with Gasteiger partial charge in [0.25, 0.3) is 0 Å². The third-order valence-corrected chi connectivity index (χ3v) is 5.34. The fourth-order valence-corrected chi connectivity index (χ4v) is 3.79. The van der Waals surface area contributed by atoms with Gasteiger partial charge in [-0.3, -0.25) is 0 Å². The second-order valence-electron chi connectivity index (χ2n) is 6.11. The van der Waals surface area contributed by atoms with Crippen molar-refractivity contribution in [1.82, 2.24) is 9.97 Å². The Balaban J connectivity index is 1.87. The van der Waals surface area contributed by atoms with Crippen molar-refractivity contribution in [2.24, 2.45) is 11.5 Å². The Labute approximate surface area is 152 Å². The SMILES string of the molecule is NCC(N)(c1ccc2nc[nH]c2c1)c1ccc(-c2ccsc2)c(F)c1F. The number of halogens is 2. The topological polar surface area (TPSA) is 80.7 Å². The molecule has 5 N–H and O–H groups in total. The Morgan fingerprint density at radius 2 is 1.96 bits per heavy atom. The number of hydrogen-bond acceptors (Lipinski definition) is 4. The largest absolute Gasteiger partial charge is 0.345 e. The predicted octanol–water partition coefficient (Wildman–Crippen LogP) is 3.73. The lowest BCUT2D eigenvalue weighted by Gasteiger charge is -2.30. The van der Waals surface area contributed by atoms with E-state index in [0.29, 0.717) is 11.1 Å². The van der Waals surface area contributed by atoms with Crippen LogP contribution in [0.25, 0.3) is 22.2 Å². The highest BCUT2D eigenvalue weighted by molar-refractivity contribution is 7.08. The lowest BCUT2D eigenvalue weighted by molar-refractivity contribution is 0.458. The van der Waals surface area contributed by atoms with E-state index in [1.165, 1.54) is 17.4 Å². The molecular formula is C19H16F2N4S. The molecule has 7 heteroatoms. The summed E-state index contributed by atoms with van der Waals surface area (Å²) in [5.41, 5.74) is 14.0. The lowest BCUT2D eigenvalue weighted by Crippen LogP contribution is -2.46. The number of hydrogen-bond donors (Lipinski definition) is 3. The van der Waals surface area contributed by atoms with Crippen LogP contribution in [0.3, 0.4) is 0 Å². The van der Waals surface area contributed by atoms with Crippen molar-refractivity contribution in [3.05, 3.63) is 76.2 Å². The Morgan fingerprint density at radius 3 is 2.69 bits per heavy atom. The highest BCUT2D eigenvalue weighted by Gasteiger charge is 2.33. The Hall–Kier alpha value is -2.61. The van der Waals surface area contributed by atoms with Crippen molar-refractivity contribution in [1.29, 1.82) is 0 Å². The highest BCUT2D eigenvalue weighted by atomic mass is 32.1. The minimum absolute atomic E-state index is 0.0235. The van der Waals surface area contributed by atoms with Gasteiger partial charge in [0.2, 0.25) is 0 Å². The second-order valence-corrected chi connectivity index (χ2v) is 6.89. The summed E-state index contributed by atoms with van der Waals surface area (Å²) in [4.78, 5) is 7.14. The molecule has 4 rings (SSSR count). The molecule has 0 aliphatic carbocycles. The van der Waals surface area contributed by atoms with E-state index in [-0.39, 0.29) is 17.7 Å².